The van der Waals surface area contributed by atoms with E-state index in [1.807, 2.05) is 36.4 Å². The second-order valence-corrected chi connectivity index (χ2v) is 4.87. The van der Waals surface area contributed by atoms with Crippen LogP contribution < -0.4 is 4.74 Å². The molecular weight excluding hydrogens is 304 g/mol. The average molecular weight is 317 g/mol. The molecule has 0 saturated carbocycles. The summed E-state index contributed by atoms with van der Waals surface area (Å²) in [5.74, 6) is 0.522. The monoisotopic (exact) mass is 316 g/mol. The standard InChI is InChI=1S/C16H13BrO2/c1-19-16-5-3-2-4-14(16)15(18)11-8-12-6-9-13(17)10-7-12/h2-11H,1H3/b11-8+. The molecule has 0 N–H and O–H groups in total. The Morgan fingerprint density at radius 1 is 1.11 bits per heavy atom. The molecule has 19 heavy (non-hydrogen) atoms. The van der Waals surface area contributed by atoms with Crippen molar-refractivity contribution in [2.24, 2.45) is 0 Å². The maximum atomic E-state index is 12.1. The van der Waals surface area contributed by atoms with Crippen LogP contribution in [0.25, 0.3) is 6.08 Å². The zero-order valence-electron chi connectivity index (χ0n) is 10.5. The van der Waals surface area contributed by atoms with Crippen LogP contribution >= 0.6 is 15.9 Å². The van der Waals surface area contributed by atoms with E-state index in [4.69, 9.17) is 4.74 Å². The zero-order chi connectivity index (χ0) is 13.7. The fourth-order valence-electron chi connectivity index (χ4n) is 1.68. The van der Waals surface area contributed by atoms with Gasteiger partial charge in [-0.15, -0.1) is 0 Å². The summed E-state index contributed by atoms with van der Waals surface area (Å²) in [5.41, 5.74) is 1.55. The summed E-state index contributed by atoms with van der Waals surface area (Å²) in [5, 5.41) is 0. The number of benzene rings is 2. The lowest BCUT2D eigenvalue weighted by atomic mass is 10.1. The Bertz CT molecular complexity index is 600. The third kappa shape index (κ3) is 3.55. The minimum absolute atomic E-state index is 0.0691. The number of rotatable bonds is 4. The molecule has 0 radical (unpaired) electrons. The van der Waals surface area contributed by atoms with Crippen molar-refractivity contribution in [3.63, 3.8) is 0 Å². The SMILES string of the molecule is COc1ccccc1C(=O)/C=C/c1ccc(Br)cc1. The van der Waals surface area contributed by atoms with Crippen molar-refractivity contribution in [1.82, 2.24) is 0 Å². The Labute approximate surface area is 120 Å². The van der Waals surface area contributed by atoms with Crippen LogP contribution in [-0.2, 0) is 0 Å². The molecule has 0 aliphatic rings. The number of methoxy groups -OCH3 is 1. The van der Waals surface area contributed by atoms with E-state index in [1.165, 1.54) is 0 Å². The lowest BCUT2D eigenvalue weighted by molar-refractivity contribution is 0.104. The van der Waals surface area contributed by atoms with Crippen molar-refractivity contribution < 1.29 is 9.53 Å². The smallest absolute Gasteiger partial charge is 0.189 e. The van der Waals surface area contributed by atoms with Gasteiger partial charge in [-0.05, 0) is 35.9 Å². The first-order chi connectivity index (χ1) is 9.20. The van der Waals surface area contributed by atoms with Crippen LogP contribution in [0.15, 0.2) is 59.1 Å². The van der Waals surface area contributed by atoms with E-state index in [9.17, 15) is 4.79 Å². The molecule has 2 nitrogen and oxygen atoms in total. The molecule has 2 aromatic rings. The number of carbonyl (C=O) groups excluding carboxylic acids is 1. The number of hydrogen-bond acceptors (Lipinski definition) is 2. The maximum Gasteiger partial charge on any atom is 0.189 e. The molecular formula is C16H13BrO2. The summed E-state index contributed by atoms with van der Waals surface area (Å²) >= 11 is 3.37. The zero-order valence-corrected chi connectivity index (χ0v) is 12.1. The van der Waals surface area contributed by atoms with Crippen LogP contribution in [0.3, 0.4) is 0 Å². The number of para-hydroxylation sites is 1. The van der Waals surface area contributed by atoms with Gasteiger partial charge in [-0.2, -0.15) is 0 Å². The molecule has 0 heterocycles. The highest BCUT2D eigenvalue weighted by atomic mass is 79.9. The summed E-state index contributed by atoms with van der Waals surface area (Å²) in [6.07, 6.45) is 3.35. The third-order valence-electron chi connectivity index (χ3n) is 2.67. The predicted octanol–water partition coefficient (Wildman–Crippen LogP) is 4.35. The fourth-order valence-corrected chi connectivity index (χ4v) is 1.95. The molecule has 0 amide bonds. The van der Waals surface area contributed by atoms with Gasteiger partial charge < -0.3 is 4.74 Å². The van der Waals surface area contributed by atoms with Gasteiger partial charge in [-0.1, -0.05) is 46.3 Å². The van der Waals surface area contributed by atoms with Crippen molar-refractivity contribution in [2.45, 2.75) is 0 Å². The van der Waals surface area contributed by atoms with Crippen LogP contribution in [-0.4, -0.2) is 12.9 Å². The second-order valence-electron chi connectivity index (χ2n) is 3.95. The summed E-state index contributed by atoms with van der Waals surface area (Å²) in [4.78, 5) is 12.1. The molecule has 0 fully saturated rings. The molecule has 2 aromatic carbocycles. The first-order valence-electron chi connectivity index (χ1n) is 5.81. The molecule has 0 aromatic heterocycles. The third-order valence-corrected chi connectivity index (χ3v) is 3.20. The van der Waals surface area contributed by atoms with E-state index < -0.39 is 0 Å². The topological polar surface area (TPSA) is 26.3 Å². The van der Waals surface area contributed by atoms with E-state index in [1.54, 1.807) is 31.4 Å². The predicted molar refractivity (Wildman–Crippen MR) is 80.5 cm³/mol. The van der Waals surface area contributed by atoms with Crippen LogP contribution in [0, 0.1) is 0 Å². The lowest BCUT2D eigenvalue weighted by Gasteiger charge is -2.04. The minimum atomic E-state index is -0.0691. The molecule has 0 unspecified atom stereocenters. The van der Waals surface area contributed by atoms with Gasteiger partial charge in [-0.3, -0.25) is 4.79 Å². The highest BCUT2D eigenvalue weighted by molar-refractivity contribution is 9.10. The normalized spacial score (nSPS) is 10.6. The Kier molecular flexibility index (Phi) is 4.53. The largest absolute Gasteiger partial charge is 0.496 e. The number of ketones is 1. The molecule has 0 aliphatic carbocycles. The van der Waals surface area contributed by atoms with E-state index in [2.05, 4.69) is 15.9 Å². The molecule has 0 spiro atoms. The number of allylic oxidation sites excluding steroid dienone is 1. The molecule has 0 saturated heterocycles. The molecule has 96 valence electrons. The van der Waals surface area contributed by atoms with Crippen molar-refractivity contribution in [3.05, 3.63) is 70.2 Å². The number of hydrogen-bond donors (Lipinski definition) is 0. The summed E-state index contributed by atoms with van der Waals surface area (Å²) in [6, 6.07) is 15.0. The Morgan fingerprint density at radius 2 is 1.79 bits per heavy atom. The van der Waals surface area contributed by atoms with E-state index >= 15 is 0 Å². The number of carbonyl (C=O) groups is 1. The Balaban J connectivity index is 2.19. The highest BCUT2D eigenvalue weighted by Gasteiger charge is 2.07. The van der Waals surface area contributed by atoms with Gasteiger partial charge in [0.25, 0.3) is 0 Å². The van der Waals surface area contributed by atoms with Gasteiger partial charge in [0.2, 0.25) is 0 Å². The van der Waals surface area contributed by atoms with Gasteiger partial charge in [0.1, 0.15) is 5.75 Å². The van der Waals surface area contributed by atoms with Crippen molar-refractivity contribution in [2.75, 3.05) is 7.11 Å². The highest BCUT2D eigenvalue weighted by Crippen LogP contribution is 2.19. The van der Waals surface area contributed by atoms with Crippen LogP contribution in [0.1, 0.15) is 15.9 Å². The summed E-state index contributed by atoms with van der Waals surface area (Å²) < 4.78 is 6.19. The van der Waals surface area contributed by atoms with Crippen molar-refractivity contribution in [1.29, 1.82) is 0 Å². The first kappa shape index (κ1) is 13.6. The molecule has 2 rings (SSSR count). The van der Waals surface area contributed by atoms with Gasteiger partial charge in [0.15, 0.2) is 5.78 Å². The van der Waals surface area contributed by atoms with E-state index in [0.717, 1.165) is 10.0 Å². The van der Waals surface area contributed by atoms with Gasteiger partial charge in [-0.25, -0.2) is 0 Å². The van der Waals surface area contributed by atoms with Gasteiger partial charge in [0, 0.05) is 4.47 Å². The van der Waals surface area contributed by atoms with E-state index in [-0.39, 0.29) is 5.78 Å². The van der Waals surface area contributed by atoms with Crippen molar-refractivity contribution in [3.8, 4) is 5.75 Å². The van der Waals surface area contributed by atoms with Crippen molar-refractivity contribution >= 4 is 27.8 Å². The van der Waals surface area contributed by atoms with Gasteiger partial charge >= 0.3 is 0 Å². The summed E-state index contributed by atoms with van der Waals surface area (Å²) in [6.45, 7) is 0. The van der Waals surface area contributed by atoms with E-state index in [0.29, 0.717) is 11.3 Å². The summed E-state index contributed by atoms with van der Waals surface area (Å²) in [7, 11) is 1.56. The number of halogens is 1. The van der Waals surface area contributed by atoms with Crippen LogP contribution in [0.5, 0.6) is 5.75 Å². The van der Waals surface area contributed by atoms with Crippen LogP contribution in [0.2, 0.25) is 0 Å². The van der Waals surface area contributed by atoms with Gasteiger partial charge in [0.05, 0.1) is 12.7 Å². The maximum absolute atomic E-state index is 12.1. The number of ether oxygens (including phenoxy) is 1. The molecule has 0 aliphatic heterocycles. The molecule has 0 atom stereocenters. The average Bonchev–Trinajstić information content (AvgIpc) is 2.46. The minimum Gasteiger partial charge on any atom is -0.496 e. The quantitative estimate of drug-likeness (QED) is 0.619. The second kappa shape index (κ2) is 6.34. The van der Waals surface area contributed by atoms with Crippen LogP contribution in [0.4, 0.5) is 0 Å². The fraction of sp³-hybridized carbons (Fsp3) is 0.0625. The molecule has 3 heteroatoms. The Morgan fingerprint density at radius 3 is 2.47 bits per heavy atom. The first-order valence-corrected chi connectivity index (χ1v) is 6.61. The Hall–Kier alpha value is -1.87. The lowest BCUT2D eigenvalue weighted by Crippen LogP contribution is -1.98. The molecule has 0 bridgehead atoms.